The highest BCUT2D eigenvalue weighted by atomic mass is 19.3. The first-order chi connectivity index (χ1) is 10.5. The molecule has 0 saturated carbocycles. The molecule has 0 spiro atoms. The molecule has 1 atom stereocenters. The standard InChI is InChI=1S/C16H21F2NO3/c1-22-14-5-2-12(3-6-14)4-7-15(21)19-9-8-16(17,18)13(10-19)11-20/h2-3,5-6,13,20H,4,7-11H2,1H3. The summed E-state index contributed by atoms with van der Waals surface area (Å²) in [5, 5.41) is 9.05. The van der Waals surface area contributed by atoms with E-state index in [0.29, 0.717) is 6.42 Å². The number of hydrogen-bond donors (Lipinski definition) is 1. The molecule has 1 aromatic rings. The lowest BCUT2D eigenvalue weighted by Gasteiger charge is -2.37. The summed E-state index contributed by atoms with van der Waals surface area (Å²) in [6.45, 7) is -0.634. The summed E-state index contributed by atoms with van der Waals surface area (Å²) >= 11 is 0. The predicted octanol–water partition coefficient (Wildman–Crippen LogP) is 2.10. The summed E-state index contributed by atoms with van der Waals surface area (Å²) in [5.74, 6) is -3.45. The van der Waals surface area contributed by atoms with Crippen molar-refractivity contribution in [2.24, 2.45) is 5.92 Å². The molecule has 0 bridgehead atoms. The van der Waals surface area contributed by atoms with E-state index in [4.69, 9.17) is 9.84 Å². The lowest BCUT2D eigenvalue weighted by Crippen LogP contribution is -2.50. The second-order valence-corrected chi connectivity index (χ2v) is 5.58. The van der Waals surface area contributed by atoms with E-state index in [-0.39, 0.29) is 31.8 Å². The van der Waals surface area contributed by atoms with Gasteiger partial charge in [0.25, 0.3) is 5.92 Å². The molecule has 0 aliphatic carbocycles. The highest BCUT2D eigenvalue weighted by Crippen LogP contribution is 2.33. The number of amides is 1. The number of piperidine rings is 1. The van der Waals surface area contributed by atoms with E-state index in [1.54, 1.807) is 7.11 Å². The fourth-order valence-corrected chi connectivity index (χ4v) is 2.60. The molecule has 1 saturated heterocycles. The molecule has 1 unspecified atom stereocenters. The van der Waals surface area contributed by atoms with Crippen LogP contribution < -0.4 is 4.74 Å². The minimum Gasteiger partial charge on any atom is -0.497 e. The molecule has 122 valence electrons. The van der Waals surface area contributed by atoms with Gasteiger partial charge in [-0.2, -0.15) is 0 Å². The first-order valence-electron chi connectivity index (χ1n) is 7.35. The highest BCUT2D eigenvalue weighted by Gasteiger charge is 2.44. The SMILES string of the molecule is COc1ccc(CCC(=O)N2CCC(F)(F)C(CO)C2)cc1. The van der Waals surface area contributed by atoms with Crippen LogP contribution in [0.1, 0.15) is 18.4 Å². The zero-order valence-corrected chi connectivity index (χ0v) is 12.6. The van der Waals surface area contributed by atoms with Crippen LogP contribution >= 0.6 is 0 Å². The summed E-state index contributed by atoms with van der Waals surface area (Å²) < 4.78 is 32.1. The van der Waals surface area contributed by atoms with Gasteiger partial charge in [0.1, 0.15) is 5.75 Å². The first-order valence-corrected chi connectivity index (χ1v) is 7.35. The number of methoxy groups -OCH3 is 1. The van der Waals surface area contributed by atoms with Crippen molar-refractivity contribution in [2.75, 3.05) is 26.8 Å². The second-order valence-electron chi connectivity index (χ2n) is 5.58. The van der Waals surface area contributed by atoms with E-state index < -0.39 is 18.4 Å². The van der Waals surface area contributed by atoms with Gasteiger partial charge in [-0.05, 0) is 24.1 Å². The molecule has 22 heavy (non-hydrogen) atoms. The summed E-state index contributed by atoms with van der Waals surface area (Å²) in [7, 11) is 1.59. The topological polar surface area (TPSA) is 49.8 Å². The average Bonchev–Trinajstić information content (AvgIpc) is 2.52. The molecule has 6 heteroatoms. The van der Waals surface area contributed by atoms with Gasteiger partial charge in [-0.1, -0.05) is 12.1 Å². The summed E-state index contributed by atoms with van der Waals surface area (Å²) in [4.78, 5) is 13.6. The molecule has 1 aliphatic heterocycles. The molecule has 1 N–H and O–H groups in total. The fraction of sp³-hybridized carbons (Fsp3) is 0.562. The van der Waals surface area contributed by atoms with Crippen LogP contribution in [0.5, 0.6) is 5.75 Å². The molecule has 2 rings (SSSR count). The number of nitrogens with zero attached hydrogens (tertiary/aromatic N) is 1. The van der Waals surface area contributed by atoms with Crippen LogP contribution in [-0.2, 0) is 11.2 Å². The number of benzene rings is 1. The lowest BCUT2D eigenvalue weighted by molar-refractivity contribution is -0.149. The maximum atomic E-state index is 13.5. The molecule has 0 radical (unpaired) electrons. The number of halogens is 2. The van der Waals surface area contributed by atoms with Crippen molar-refractivity contribution in [3.63, 3.8) is 0 Å². The Morgan fingerprint density at radius 2 is 2.09 bits per heavy atom. The van der Waals surface area contributed by atoms with E-state index in [1.807, 2.05) is 24.3 Å². The highest BCUT2D eigenvalue weighted by molar-refractivity contribution is 5.76. The van der Waals surface area contributed by atoms with E-state index in [9.17, 15) is 13.6 Å². The Labute approximate surface area is 128 Å². The largest absolute Gasteiger partial charge is 0.497 e. The number of aliphatic hydroxyl groups excluding tert-OH is 1. The van der Waals surface area contributed by atoms with E-state index >= 15 is 0 Å². The van der Waals surface area contributed by atoms with Crippen LogP contribution in [0.3, 0.4) is 0 Å². The second kappa shape index (κ2) is 7.05. The van der Waals surface area contributed by atoms with Crippen molar-refractivity contribution in [2.45, 2.75) is 25.2 Å². The number of rotatable bonds is 5. The van der Waals surface area contributed by atoms with Crippen molar-refractivity contribution >= 4 is 5.91 Å². The Hall–Kier alpha value is -1.69. The third kappa shape index (κ3) is 3.94. The summed E-state index contributed by atoms with van der Waals surface area (Å²) in [5.41, 5.74) is 0.996. The van der Waals surface area contributed by atoms with Gasteiger partial charge < -0.3 is 14.7 Å². The number of carbonyl (C=O) groups excluding carboxylic acids is 1. The summed E-state index contributed by atoms with van der Waals surface area (Å²) in [6, 6.07) is 7.41. The first kappa shape index (κ1) is 16.7. The Kier molecular flexibility index (Phi) is 5.34. The van der Waals surface area contributed by atoms with Gasteiger partial charge in [0, 0.05) is 25.9 Å². The predicted molar refractivity (Wildman–Crippen MR) is 78.0 cm³/mol. The van der Waals surface area contributed by atoms with Gasteiger partial charge in [-0.3, -0.25) is 4.79 Å². The van der Waals surface area contributed by atoms with Crippen LogP contribution in [0.2, 0.25) is 0 Å². The van der Waals surface area contributed by atoms with Gasteiger partial charge >= 0.3 is 0 Å². The molecule has 4 nitrogen and oxygen atoms in total. The Balaban J connectivity index is 1.87. The minimum atomic E-state index is -2.89. The van der Waals surface area contributed by atoms with Gasteiger partial charge in [0.05, 0.1) is 19.6 Å². The zero-order valence-electron chi connectivity index (χ0n) is 12.6. The number of carbonyl (C=O) groups is 1. The molecule has 1 heterocycles. The van der Waals surface area contributed by atoms with Crippen LogP contribution in [0.25, 0.3) is 0 Å². The van der Waals surface area contributed by atoms with Crippen LogP contribution in [0.15, 0.2) is 24.3 Å². The quantitative estimate of drug-likeness (QED) is 0.906. The van der Waals surface area contributed by atoms with Crippen molar-refractivity contribution in [3.05, 3.63) is 29.8 Å². The van der Waals surface area contributed by atoms with Crippen LogP contribution in [-0.4, -0.2) is 48.6 Å². The molecule has 1 aromatic carbocycles. The molecular weight excluding hydrogens is 292 g/mol. The zero-order chi connectivity index (χ0) is 16.2. The molecular formula is C16H21F2NO3. The minimum absolute atomic E-state index is 0.0466. The van der Waals surface area contributed by atoms with Crippen molar-refractivity contribution < 1.29 is 23.4 Å². The number of likely N-dealkylation sites (tertiary alicyclic amines) is 1. The number of aryl methyl sites for hydroxylation is 1. The third-order valence-corrected chi connectivity index (χ3v) is 4.11. The van der Waals surface area contributed by atoms with Gasteiger partial charge in [-0.15, -0.1) is 0 Å². The van der Waals surface area contributed by atoms with E-state index in [1.165, 1.54) is 4.90 Å². The van der Waals surface area contributed by atoms with Gasteiger partial charge in [-0.25, -0.2) is 8.78 Å². The van der Waals surface area contributed by atoms with Crippen molar-refractivity contribution in [3.8, 4) is 5.75 Å². The monoisotopic (exact) mass is 313 g/mol. The normalized spacial score (nSPS) is 20.7. The maximum absolute atomic E-state index is 13.5. The van der Waals surface area contributed by atoms with E-state index in [0.717, 1.165) is 11.3 Å². The number of ether oxygens (including phenoxy) is 1. The van der Waals surface area contributed by atoms with Crippen molar-refractivity contribution in [1.29, 1.82) is 0 Å². The Morgan fingerprint density at radius 3 is 2.68 bits per heavy atom. The fourth-order valence-electron chi connectivity index (χ4n) is 2.60. The average molecular weight is 313 g/mol. The number of alkyl halides is 2. The van der Waals surface area contributed by atoms with Gasteiger partial charge in [0.2, 0.25) is 5.91 Å². The van der Waals surface area contributed by atoms with Crippen LogP contribution in [0, 0.1) is 5.92 Å². The van der Waals surface area contributed by atoms with Crippen molar-refractivity contribution in [1.82, 2.24) is 4.90 Å². The lowest BCUT2D eigenvalue weighted by atomic mass is 9.94. The molecule has 1 aliphatic rings. The molecule has 1 amide bonds. The van der Waals surface area contributed by atoms with E-state index in [2.05, 4.69) is 0 Å². The third-order valence-electron chi connectivity index (χ3n) is 4.11. The number of hydrogen-bond acceptors (Lipinski definition) is 3. The smallest absolute Gasteiger partial charge is 0.256 e. The van der Waals surface area contributed by atoms with Crippen LogP contribution in [0.4, 0.5) is 8.78 Å². The Morgan fingerprint density at radius 1 is 1.41 bits per heavy atom. The maximum Gasteiger partial charge on any atom is 0.256 e. The Bertz CT molecular complexity index is 505. The number of aliphatic hydroxyl groups is 1. The molecule has 0 aromatic heterocycles. The summed E-state index contributed by atoms with van der Waals surface area (Å²) in [6.07, 6.45) is 0.446. The van der Waals surface area contributed by atoms with Gasteiger partial charge in [0.15, 0.2) is 0 Å². The molecule has 1 fully saturated rings.